The van der Waals surface area contributed by atoms with Crippen molar-refractivity contribution in [2.45, 2.75) is 127 Å². The molecule has 1 saturated heterocycles. The molecule has 2 heterocycles. The molecule has 7 aliphatic rings. The molecule has 3 heteroatoms. The van der Waals surface area contributed by atoms with Crippen LogP contribution >= 0.6 is 0 Å². The van der Waals surface area contributed by atoms with Gasteiger partial charge in [0.15, 0.2) is 0 Å². The Bertz CT molecular complexity index is 1590. The zero-order valence-electron chi connectivity index (χ0n) is 31.4. The highest BCUT2D eigenvalue weighted by molar-refractivity contribution is 6.93. The molecule has 0 aromatic heterocycles. The zero-order chi connectivity index (χ0) is 33.9. The average Bonchev–Trinajstić information content (AvgIpc) is 3.69. The summed E-state index contributed by atoms with van der Waals surface area (Å²) in [6.07, 6.45) is 38.0. The summed E-state index contributed by atoms with van der Waals surface area (Å²) in [4.78, 5) is 2.73. The number of aryl methyl sites for hydroxylation is 1. The van der Waals surface area contributed by atoms with Gasteiger partial charge in [-0.25, -0.2) is 0 Å². The molecular weight excluding hydrogens is 611 g/mol. The van der Waals surface area contributed by atoms with Crippen LogP contribution in [0.3, 0.4) is 0 Å². The number of ether oxygens (including phenoxy) is 1. The highest BCUT2D eigenvalue weighted by atomic mass is 28.3. The van der Waals surface area contributed by atoms with Crippen molar-refractivity contribution >= 4 is 13.8 Å². The fourth-order valence-electron chi connectivity index (χ4n) is 12.6. The Balaban J connectivity index is 1.18. The highest BCUT2D eigenvalue weighted by Crippen LogP contribution is 2.79. The lowest BCUT2D eigenvalue weighted by Gasteiger charge is -2.62. The second kappa shape index (κ2) is 13.3. The molecule has 1 aromatic rings. The van der Waals surface area contributed by atoms with Crippen LogP contribution < -0.4 is 4.90 Å². The van der Waals surface area contributed by atoms with Crippen LogP contribution in [0.5, 0.6) is 0 Å². The summed E-state index contributed by atoms with van der Waals surface area (Å²) < 4.78 is 6.13. The van der Waals surface area contributed by atoms with Crippen molar-refractivity contribution in [3.05, 3.63) is 101 Å². The number of anilines is 1. The number of hydrogen-bond acceptors (Lipinski definition) is 2. The lowest BCUT2D eigenvalue weighted by molar-refractivity contribution is -0.00471. The van der Waals surface area contributed by atoms with Crippen LogP contribution in [0, 0.1) is 42.4 Å². The standard InChI is InChI=1S/C46H63NOSi/c1-7-8-9-12-18-32-24-25-34-33-19-13-14-20-35(33)44(37(34)30-32)49(28-16-11-10-15-27-48-46(3,4)5)40-22-17-21-36-41(40)45(49)42-38-29-31(2)23-26-39(38)47(6)43(36)42/h13-14,17,19-26,29-30,33-37,41-45H,7-12,15-16,18,27-28H2,1-6H3. The fraction of sp³-hybridized carbons (Fsp3) is 0.609. The summed E-state index contributed by atoms with van der Waals surface area (Å²) in [6, 6.07) is 9.51. The van der Waals surface area contributed by atoms with Crippen LogP contribution in [0.25, 0.3) is 0 Å². The molecule has 2 saturated carbocycles. The number of likely N-dealkylation sites (N-methyl/N-ethyl adjacent to an activating group) is 1. The molecule has 2 nitrogen and oxygen atoms in total. The molecule has 0 bridgehead atoms. The first-order chi connectivity index (χ1) is 23.7. The van der Waals surface area contributed by atoms with E-state index in [0.717, 1.165) is 23.6 Å². The summed E-state index contributed by atoms with van der Waals surface area (Å²) in [6.45, 7) is 12.1. The molecule has 5 aliphatic carbocycles. The van der Waals surface area contributed by atoms with Crippen molar-refractivity contribution < 1.29 is 4.74 Å². The maximum atomic E-state index is 6.13. The molecule has 49 heavy (non-hydrogen) atoms. The van der Waals surface area contributed by atoms with Crippen LogP contribution in [0.1, 0.15) is 103 Å². The Morgan fingerprint density at radius 2 is 1.53 bits per heavy atom. The molecule has 0 amide bonds. The lowest BCUT2D eigenvalue weighted by atomic mass is 9.81. The molecular formula is C46H63NOSi. The lowest BCUT2D eigenvalue weighted by Crippen LogP contribution is -2.63. The van der Waals surface area contributed by atoms with Crippen LogP contribution in [-0.4, -0.2) is 33.4 Å². The minimum Gasteiger partial charge on any atom is -0.376 e. The number of unbranched alkanes of at least 4 members (excludes halogenated alkanes) is 6. The third kappa shape index (κ3) is 5.59. The molecule has 0 spiro atoms. The number of rotatable bonds is 13. The molecule has 11 unspecified atom stereocenters. The third-order valence-corrected chi connectivity index (χ3v) is 20.9. The minimum absolute atomic E-state index is 0.0359. The van der Waals surface area contributed by atoms with E-state index in [9.17, 15) is 0 Å². The summed E-state index contributed by atoms with van der Waals surface area (Å²) >= 11 is 0. The highest BCUT2D eigenvalue weighted by Gasteiger charge is 2.76. The maximum absolute atomic E-state index is 6.13. The summed E-state index contributed by atoms with van der Waals surface area (Å²) in [7, 11) is 0.464. The van der Waals surface area contributed by atoms with Crippen molar-refractivity contribution in [1.29, 1.82) is 0 Å². The van der Waals surface area contributed by atoms with E-state index in [1.165, 1.54) is 75.1 Å². The van der Waals surface area contributed by atoms with Crippen molar-refractivity contribution in [3.8, 4) is 0 Å². The zero-order valence-corrected chi connectivity index (χ0v) is 32.4. The van der Waals surface area contributed by atoms with Gasteiger partial charge >= 0.3 is 0 Å². The van der Waals surface area contributed by atoms with Gasteiger partial charge in [-0.2, -0.15) is 0 Å². The van der Waals surface area contributed by atoms with Crippen molar-refractivity contribution in [2.24, 2.45) is 35.5 Å². The largest absolute Gasteiger partial charge is 0.376 e. The predicted octanol–water partition coefficient (Wildman–Crippen LogP) is 11.8. The Kier molecular flexibility index (Phi) is 9.17. The van der Waals surface area contributed by atoms with E-state index in [2.05, 4.69) is 126 Å². The normalized spacial score (nSPS) is 37.3. The molecule has 2 aliphatic heterocycles. The third-order valence-electron chi connectivity index (χ3n) is 14.2. The Morgan fingerprint density at radius 3 is 2.35 bits per heavy atom. The SMILES string of the molecule is CCCCCCC1=CC2C(C=C1)C1C=CC=CC1C2[Si]1(CCCCCCOC(C)(C)C)C2=CC=CC3C2C1C1c2cc(C)ccc2N(C)C31. The molecule has 0 radical (unpaired) electrons. The van der Waals surface area contributed by atoms with Crippen molar-refractivity contribution in [3.63, 3.8) is 0 Å². The molecule has 11 atom stereocenters. The van der Waals surface area contributed by atoms with Crippen molar-refractivity contribution in [1.82, 2.24) is 0 Å². The van der Waals surface area contributed by atoms with E-state index in [1.54, 1.807) is 11.1 Å². The molecule has 3 fully saturated rings. The van der Waals surface area contributed by atoms with Crippen LogP contribution in [0.15, 0.2) is 89.7 Å². The van der Waals surface area contributed by atoms with E-state index < -0.39 is 8.07 Å². The first-order valence-corrected chi connectivity index (χ1v) is 22.7. The van der Waals surface area contributed by atoms with Gasteiger partial charge in [-0.15, -0.1) is 0 Å². The van der Waals surface area contributed by atoms with Gasteiger partial charge < -0.3 is 9.64 Å². The van der Waals surface area contributed by atoms with E-state index in [4.69, 9.17) is 4.74 Å². The fourth-order valence-corrected chi connectivity index (χ4v) is 20.8. The Morgan fingerprint density at radius 1 is 0.776 bits per heavy atom. The quantitative estimate of drug-likeness (QED) is 0.153. The van der Waals surface area contributed by atoms with E-state index >= 15 is 0 Å². The van der Waals surface area contributed by atoms with Gasteiger partial charge in [-0.3, -0.25) is 0 Å². The number of allylic oxidation sites excluding steroid dienone is 11. The summed E-state index contributed by atoms with van der Waals surface area (Å²) in [5, 5.41) is 1.98. The predicted molar refractivity (Wildman–Crippen MR) is 211 cm³/mol. The van der Waals surface area contributed by atoms with Gasteiger partial charge in [0, 0.05) is 37.2 Å². The van der Waals surface area contributed by atoms with Crippen LogP contribution in [0.4, 0.5) is 5.69 Å². The second-order valence-corrected chi connectivity index (χ2v) is 22.5. The van der Waals surface area contributed by atoms with Gasteiger partial charge in [-0.1, -0.05) is 141 Å². The van der Waals surface area contributed by atoms with Gasteiger partial charge in [0.25, 0.3) is 0 Å². The Labute approximate surface area is 299 Å². The van der Waals surface area contributed by atoms with Crippen LogP contribution in [0.2, 0.25) is 17.1 Å². The van der Waals surface area contributed by atoms with Crippen molar-refractivity contribution in [2.75, 3.05) is 18.6 Å². The van der Waals surface area contributed by atoms with Gasteiger partial charge in [0.05, 0.1) is 13.7 Å². The van der Waals surface area contributed by atoms with Gasteiger partial charge in [-0.05, 0) is 99.3 Å². The number of nitrogens with zero attached hydrogens (tertiary/aromatic N) is 1. The molecule has 1 aromatic carbocycles. The second-order valence-electron chi connectivity index (χ2n) is 18.0. The smallest absolute Gasteiger partial charge is 0.0905 e. The monoisotopic (exact) mass is 673 g/mol. The molecule has 8 rings (SSSR count). The maximum Gasteiger partial charge on any atom is 0.0905 e. The minimum atomic E-state index is -1.96. The topological polar surface area (TPSA) is 12.5 Å². The Hall–Kier alpha value is -2.36. The van der Waals surface area contributed by atoms with Crippen LogP contribution in [-0.2, 0) is 4.74 Å². The van der Waals surface area contributed by atoms with E-state index in [-0.39, 0.29) is 5.60 Å². The van der Waals surface area contributed by atoms with E-state index in [0.29, 0.717) is 41.5 Å². The van der Waals surface area contributed by atoms with Gasteiger partial charge in [0.2, 0.25) is 0 Å². The average molecular weight is 674 g/mol. The van der Waals surface area contributed by atoms with Gasteiger partial charge in [0.1, 0.15) is 0 Å². The first kappa shape index (κ1) is 33.8. The number of benzene rings is 1. The number of hydrogen-bond donors (Lipinski definition) is 0. The first-order valence-electron chi connectivity index (χ1n) is 20.3. The summed E-state index contributed by atoms with van der Waals surface area (Å²) in [5.74, 6) is 4.77. The molecule has 0 N–H and O–H groups in total. The molecule has 262 valence electrons. The van der Waals surface area contributed by atoms with E-state index in [1.807, 2.05) is 5.20 Å². The number of fused-ring (bicyclic) bond motifs is 8. The summed E-state index contributed by atoms with van der Waals surface area (Å²) in [5.41, 5.74) is 7.91.